The summed E-state index contributed by atoms with van der Waals surface area (Å²) >= 11 is 12.3. The first-order chi connectivity index (χ1) is 12.3. The van der Waals surface area contributed by atoms with Crippen LogP contribution in [0, 0.1) is 5.82 Å². The molecule has 3 rings (SSSR count). The highest BCUT2D eigenvalue weighted by molar-refractivity contribution is 7.93. The minimum Gasteiger partial charge on any atom is -0.321 e. The summed E-state index contributed by atoms with van der Waals surface area (Å²) in [6, 6.07) is 8.85. The molecule has 1 heterocycles. The van der Waals surface area contributed by atoms with E-state index in [1.165, 1.54) is 30.3 Å². The number of nitrogens with one attached hydrogen (secondary N) is 1. The fraction of sp³-hybridized carbons (Fsp3) is 0. The molecule has 0 saturated carbocycles. The maximum absolute atomic E-state index is 12.9. The van der Waals surface area contributed by atoms with Gasteiger partial charge in [0.2, 0.25) is 9.84 Å². The molecule has 0 radical (unpaired) electrons. The molecule has 1 amide bonds. The van der Waals surface area contributed by atoms with E-state index in [2.05, 4.69) is 14.9 Å². The lowest BCUT2D eigenvalue weighted by molar-refractivity contribution is 0.101. The van der Waals surface area contributed by atoms with Crippen molar-refractivity contribution >= 4 is 56.2 Å². The SMILES string of the molecule is O=C(Nc1ccc(F)cc1)c1nnsc1S(=O)(=O)c1ccc(Cl)cc1Cl. The molecule has 134 valence electrons. The molecular formula is C15H8Cl2FN3O3S2. The number of nitrogens with zero attached hydrogens (tertiary/aromatic N) is 2. The standard InChI is InChI=1S/C15H8Cl2FN3O3S2/c16-8-1-6-12(11(17)7-8)26(23,24)15-13(20-21-25-15)14(22)19-10-4-2-9(18)3-5-10/h1-7H,(H,19,22). The predicted molar refractivity (Wildman–Crippen MR) is 96.2 cm³/mol. The Hall–Kier alpha value is -2.07. The summed E-state index contributed by atoms with van der Waals surface area (Å²) in [6.07, 6.45) is 0. The molecular weight excluding hydrogens is 424 g/mol. The van der Waals surface area contributed by atoms with Crippen molar-refractivity contribution in [3.05, 3.63) is 64.0 Å². The maximum Gasteiger partial charge on any atom is 0.278 e. The van der Waals surface area contributed by atoms with Crippen LogP contribution in [0.25, 0.3) is 0 Å². The Kier molecular flexibility index (Phi) is 5.24. The van der Waals surface area contributed by atoms with Crippen LogP contribution in [0.15, 0.2) is 51.6 Å². The van der Waals surface area contributed by atoms with Crippen molar-refractivity contribution in [2.24, 2.45) is 0 Å². The number of rotatable bonds is 4. The molecule has 6 nitrogen and oxygen atoms in total. The Morgan fingerprint density at radius 2 is 1.81 bits per heavy atom. The zero-order chi connectivity index (χ0) is 18.9. The fourth-order valence-electron chi connectivity index (χ4n) is 2.01. The Bertz CT molecular complexity index is 1090. The lowest BCUT2D eigenvalue weighted by Crippen LogP contribution is -2.16. The van der Waals surface area contributed by atoms with E-state index in [1.54, 1.807) is 0 Å². The highest BCUT2D eigenvalue weighted by Crippen LogP contribution is 2.32. The average Bonchev–Trinajstić information content (AvgIpc) is 3.07. The lowest BCUT2D eigenvalue weighted by Gasteiger charge is -2.07. The van der Waals surface area contributed by atoms with Crippen LogP contribution in [-0.2, 0) is 9.84 Å². The van der Waals surface area contributed by atoms with Gasteiger partial charge in [0.1, 0.15) is 5.82 Å². The van der Waals surface area contributed by atoms with Gasteiger partial charge in [-0.2, -0.15) is 0 Å². The van der Waals surface area contributed by atoms with Gasteiger partial charge in [0, 0.05) is 22.2 Å². The quantitative estimate of drug-likeness (QED) is 0.672. The smallest absolute Gasteiger partial charge is 0.278 e. The van der Waals surface area contributed by atoms with Crippen LogP contribution in [0.1, 0.15) is 10.5 Å². The lowest BCUT2D eigenvalue weighted by atomic mass is 10.3. The number of carbonyl (C=O) groups excluding carboxylic acids is 1. The van der Waals surface area contributed by atoms with Gasteiger partial charge in [0.15, 0.2) is 9.90 Å². The van der Waals surface area contributed by atoms with E-state index in [0.29, 0.717) is 11.5 Å². The third-order valence-corrected chi connectivity index (χ3v) is 6.88. The van der Waals surface area contributed by atoms with Crippen molar-refractivity contribution in [3.8, 4) is 0 Å². The van der Waals surface area contributed by atoms with Gasteiger partial charge < -0.3 is 5.32 Å². The molecule has 0 spiro atoms. The Balaban J connectivity index is 1.97. The second kappa shape index (κ2) is 7.28. The number of benzene rings is 2. The van der Waals surface area contributed by atoms with Gasteiger partial charge in [-0.1, -0.05) is 27.7 Å². The number of halogens is 3. The number of hydrogen-bond acceptors (Lipinski definition) is 6. The van der Waals surface area contributed by atoms with E-state index < -0.39 is 21.6 Å². The van der Waals surface area contributed by atoms with Crippen LogP contribution in [0.3, 0.4) is 0 Å². The summed E-state index contributed by atoms with van der Waals surface area (Å²) in [5.41, 5.74) is -0.109. The second-order valence-electron chi connectivity index (χ2n) is 4.95. The summed E-state index contributed by atoms with van der Waals surface area (Å²) < 4.78 is 41.8. The summed E-state index contributed by atoms with van der Waals surface area (Å²) in [6.45, 7) is 0. The third-order valence-electron chi connectivity index (χ3n) is 3.20. The fourth-order valence-corrected chi connectivity index (χ4v) is 5.06. The van der Waals surface area contributed by atoms with Gasteiger partial charge in [-0.25, -0.2) is 12.8 Å². The number of sulfone groups is 1. The number of hydrogen-bond donors (Lipinski definition) is 1. The molecule has 0 aliphatic carbocycles. The summed E-state index contributed by atoms with van der Waals surface area (Å²) in [4.78, 5) is 12.2. The Labute approximate surface area is 161 Å². The summed E-state index contributed by atoms with van der Waals surface area (Å²) in [5.74, 6) is -1.27. The van der Waals surface area contributed by atoms with Crippen LogP contribution in [0.2, 0.25) is 10.0 Å². The first-order valence-corrected chi connectivity index (χ1v) is 9.89. The van der Waals surface area contributed by atoms with Crippen molar-refractivity contribution < 1.29 is 17.6 Å². The van der Waals surface area contributed by atoms with E-state index in [1.807, 2.05) is 0 Å². The third kappa shape index (κ3) is 3.70. The van der Waals surface area contributed by atoms with Gasteiger partial charge in [-0.3, -0.25) is 4.79 Å². The molecule has 0 aliphatic rings. The van der Waals surface area contributed by atoms with Crippen molar-refractivity contribution in [1.29, 1.82) is 0 Å². The van der Waals surface area contributed by atoms with Gasteiger partial charge >= 0.3 is 0 Å². The number of amides is 1. The Morgan fingerprint density at radius 1 is 1.12 bits per heavy atom. The van der Waals surface area contributed by atoms with E-state index in [0.717, 1.165) is 12.1 Å². The monoisotopic (exact) mass is 431 g/mol. The number of carbonyl (C=O) groups is 1. The van der Waals surface area contributed by atoms with Crippen LogP contribution in [-0.4, -0.2) is 23.9 Å². The molecule has 0 aliphatic heterocycles. The molecule has 26 heavy (non-hydrogen) atoms. The molecule has 0 fully saturated rings. The highest BCUT2D eigenvalue weighted by atomic mass is 35.5. The first-order valence-electron chi connectivity index (χ1n) is 6.88. The number of anilines is 1. The topological polar surface area (TPSA) is 89.0 Å². The molecule has 1 aromatic heterocycles. The van der Waals surface area contributed by atoms with E-state index in [9.17, 15) is 17.6 Å². The van der Waals surface area contributed by atoms with Crippen LogP contribution >= 0.6 is 34.7 Å². The highest BCUT2D eigenvalue weighted by Gasteiger charge is 2.30. The zero-order valence-corrected chi connectivity index (χ0v) is 15.8. The van der Waals surface area contributed by atoms with Crippen molar-refractivity contribution in [2.45, 2.75) is 9.10 Å². The molecule has 3 aromatic rings. The van der Waals surface area contributed by atoms with Gasteiger partial charge in [-0.05, 0) is 42.5 Å². The molecule has 2 aromatic carbocycles. The first kappa shape index (κ1) is 18.7. The normalized spacial score (nSPS) is 11.3. The van der Waals surface area contributed by atoms with Crippen LogP contribution in [0.4, 0.5) is 10.1 Å². The van der Waals surface area contributed by atoms with Gasteiger partial charge in [0.25, 0.3) is 5.91 Å². The Morgan fingerprint density at radius 3 is 2.46 bits per heavy atom. The molecule has 0 bridgehead atoms. The molecule has 0 unspecified atom stereocenters. The molecule has 0 saturated heterocycles. The molecule has 0 atom stereocenters. The zero-order valence-electron chi connectivity index (χ0n) is 12.6. The van der Waals surface area contributed by atoms with Gasteiger partial charge in [0.05, 0.1) is 9.92 Å². The minimum absolute atomic E-state index is 0.0872. The van der Waals surface area contributed by atoms with E-state index in [4.69, 9.17) is 23.2 Å². The summed E-state index contributed by atoms with van der Waals surface area (Å²) in [7, 11) is -4.14. The maximum atomic E-state index is 12.9. The second-order valence-corrected chi connectivity index (χ2v) is 8.66. The molecule has 1 N–H and O–H groups in total. The minimum atomic E-state index is -4.14. The summed E-state index contributed by atoms with van der Waals surface area (Å²) in [5, 5.41) is 6.22. The largest absolute Gasteiger partial charge is 0.321 e. The average molecular weight is 432 g/mol. The number of aromatic nitrogens is 2. The van der Waals surface area contributed by atoms with Crippen LogP contribution in [0.5, 0.6) is 0 Å². The predicted octanol–water partition coefficient (Wildman–Crippen LogP) is 4.07. The van der Waals surface area contributed by atoms with Crippen molar-refractivity contribution in [3.63, 3.8) is 0 Å². The van der Waals surface area contributed by atoms with E-state index >= 15 is 0 Å². The van der Waals surface area contributed by atoms with Crippen molar-refractivity contribution in [2.75, 3.05) is 5.32 Å². The molecule has 11 heteroatoms. The van der Waals surface area contributed by atoms with Crippen molar-refractivity contribution in [1.82, 2.24) is 9.59 Å². The van der Waals surface area contributed by atoms with E-state index in [-0.39, 0.29) is 30.5 Å². The van der Waals surface area contributed by atoms with Gasteiger partial charge in [-0.15, -0.1) is 5.10 Å². The van der Waals surface area contributed by atoms with Crippen LogP contribution < -0.4 is 5.32 Å².